The van der Waals surface area contributed by atoms with Crippen molar-refractivity contribution < 1.29 is 14.4 Å². The van der Waals surface area contributed by atoms with Gasteiger partial charge in [0, 0.05) is 25.9 Å². The van der Waals surface area contributed by atoms with Gasteiger partial charge in [-0.3, -0.25) is 18.7 Å². The van der Waals surface area contributed by atoms with Gasteiger partial charge in [0.15, 0.2) is 17.0 Å². The van der Waals surface area contributed by atoms with Crippen molar-refractivity contribution in [2.24, 2.45) is 25.9 Å². The van der Waals surface area contributed by atoms with Crippen molar-refractivity contribution in [3.63, 3.8) is 0 Å². The van der Waals surface area contributed by atoms with Gasteiger partial charge in [-0.25, -0.2) is 9.78 Å². The number of fused-ring (bicyclic) bond motifs is 1. The average molecular weight is 392 g/mol. The number of nitrogens with zero attached hydrogens (tertiary/aromatic N) is 4. The predicted octanol–water partition coefficient (Wildman–Crippen LogP) is -0.942. The molecule has 0 amide bonds. The molecule has 154 valence electrons. The maximum Gasteiger partial charge on any atom is 0.332 e. The van der Waals surface area contributed by atoms with Gasteiger partial charge in [0.25, 0.3) is 5.56 Å². The van der Waals surface area contributed by atoms with Gasteiger partial charge >= 0.3 is 11.7 Å². The number of hydrogen-bond donors (Lipinski definition) is 1. The van der Waals surface area contributed by atoms with E-state index in [1.807, 2.05) is 0 Å². The molecule has 1 aliphatic heterocycles. The number of aryl methyl sites for hydroxylation is 1. The molecule has 1 saturated heterocycles. The van der Waals surface area contributed by atoms with Gasteiger partial charge in [0.05, 0.1) is 19.7 Å². The van der Waals surface area contributed by atoms with Gasteiger partial charge in [-0.15, -0.1) is 0 Å². The molecular weight excluding hydrogens is 362 g/mol. The Kier molecular flexibility index (Phi) is 5.74. The van der Waals surface area contributed by atoms with E-state index in [1.54, 1.807) is 18.5 Å². The van der Waals surface area contributed by atoms with Crippen LogP contribution in [0.25, 0.3) is 11.2 Å². The minimum absolute atomic E-state index is 0.0918. The average Bonchev–Trinajstić information content (AvgIpc) is 2.95. The van der Waals surface area contributed by atoms with E-state index in [0.29, 0.717) is 29.9 Å². The summed E-state index contributed by atoms with van der Waals surface area (Å²) in [5.74, 6) is 1.43. The quantitative estimate of drug-likeness (QED) is 0.663. The Hall–Kier alpha value is -2.42. The number of carbonyl (C=O) groups excluding carboxylic acids is 1. The van der Waals surface area contributed by atoms with Crippen LogP contribution in [0, 0.1) is 11.8 Å². The van der Waals surface area contributed by atoms with Crippen molar-refractivity contribution in [1.82, 2.24) is 18.7 Å². The van der Waals surface area contributed by atoms with Crippen LogP contribution in [0.4, 0.5) is 0 Å². The van der Waals surface area contributed by atoms with E-state index in [1.165, 1.54) is 22.9 Å². The lowest BCUT2D eigenvalue weighted by atomic mass is 9.92. The highest BCUT2D eigenvalue weighted by Crippen LogP contribution is 2.14. The summed E-state index contributed by atoms with van der Waals surface area (Å²) in [5.41, 5.74) is -0.302. The maximum atomic E-state index is 12.8. The maximum absolute atomic E-state index is 12.8. The molecule has 3 rings (SSSR count). The molecule has 9 nitrogen and oxygen atoms in total. The summed E-state index contributed by atoms with van der Waals surface area (Å²) in [7, 11) is 3.03. The lowest BCUT2D eigenvalue weighted by molar-refractivity contribution is -0.926. The number of likely N-dealkylation sites (tertiary alicyclic amines) is 1. The van der Waals surface area contributed by atoms with E-state index in [9.17, 15) is 14.4 Å². The molecular formula is C19H30N5O4+. The number of piperidine rings is 1. The van der Waals surface area contributed by atoms with Crippen molar-refractivity contribution in [3.05, 3.63) is 26.7 Å². The largest absolute Gasteiger partial charge is 0.465 e. The first kappa shape index (κ1) is 20.3. The number of rotatable bonds is 5. The third-order valence-electron chi connectivity index (χ3n) is 5.51. The van der Waals surface area contributed by atoms with Crippen LogP contribution < -0.4 is 16.1 Å². The van der Waals surface area contributed by atoms with E-state index < -0.39 is 17.2 Å². The van der Waals surface area contributed by atoms with Gasteiger partial charge in [0.2, 0.25) is 0 Å². The summed E-state index contributed by atoms with van der Waals surface area (Å²) in [6.07, 6.45) is 1.21. The van der Waals surface area contributed by atoms with Crippen LogP contribution in [-0.2, 0) is 36.7 Å². The Balaban J connectivity index is 2.11. The van der Waals surface area contributed by atoms with Crippen molar-refractivity contribution in [2.75, 3.05) is 19.7 Å². The molecule has 0 saturated carbocycles. The summed E-state index contributed by atoms with van der Waals surface area (Å²) >= 11 is 0. The van der Waals surface area contributed by atoms with Crippen molar-refractivity contribution in [2.45, 2.75) is 40.3 Å². The SMILES string of the molecule is CCOC(=O)Cn1c(C[NH+]2C[C@H](C)C[C@H](C)C2)nc2c1c(=O)n(C)c(=O)n2C. The van der Waals surface area contributed by atoms with Crippen molar-refractivity contribution >= 4 is 17.1 Å². The highest BCUT2D eigenvalue weighted by molar-refractivity contribution is 5.75. The highest BCUT2D eigenvalue weighted by Gasteiger charge is 2.28. The second-order valence-corrected chi connectivity index (χ2v) is 8.08. The molecule has 1 aliphatic rings. The molecule has 1 fully saturated rings. The number of quaternary nitrogens is 1. The molecule has 1 unspecified atom stereocenters. The molecule has 3 heterocycles. The fraction of sp³-hybridized carbons (Fsp3) is 0.684. The van der Waals surface area contributed by atoms with Gasteiger partial charge in [-0.1, -0.05) is 13.8 Å². The normalized spacial score (nSPS) is 22.5. The first-order valence-electron chi connectivity index (χ1n) is 9.87. The summed E-state index contributed by atoms with van der Waals surface area (Å²) < 4.78 is 9.14. The van der Waals surface area contributed by atoms with E-state index in [0.717, 1.165) is 17.7 Å². The fourth-order valence-electron chi connectivity index (χ4n) is 4.42. The minimum Gasteiger partial charge on any atom is -0.465 e. The topological polar surface area (TPSA) is 92.6 Å². The Bertz CT molecular complexity index is 992. The lowest BCUT2D eigenvalue weighted by Crippen LogP contribution is -3.13. The molecule has 9 heteroatoms. The number of hydrogen-bond acceptors (Lipinski definition) is 5. The number of nitrogens with one attached hydrogen (secondary N) is 1. The smallest absolute Gasteiger partial charge is 0.332 e. The minimum atomic E-state index is -0.448. The third-order valence-corrected chi connectivity index (χ3v) is 5.51. The van der Waals surface area contributed by atoms with Gasteiger partial charge in [-0.2, -0.15) is 0 Å². The molecule has 3 atom stereocenters. The predicted molar refractivity (Wildman–Crippen MR) is 104 cm³/mol. The number of aromatic nitrogens is 4. The van der Waals surface area contributed by atoms with Crippen LogP contribution in [0.15, 0.2) is 9.59 Å². The Morgan fingerprint density at radius 3 is 2.43 bits per heavy atom. The molecule has 0 radical (unpaired) electrons. The molecule has 1 N–H and O–H groups in total. The number of ether oxygens (including phenoxy) is 1. The molecule has 0 aromatic carbocycles. The molecule has 0 aliphatic carbocycles. The number of imidazole rings is 1. The number of carbonyl (C=O) groups is 1. The molecule has 2 aromatic heterocycles. The van der Waals surface area contributed by atoms with Crippen LogP contribution in [-0.4, -0.2) is 44.4 Å². The van der Waals surface area contributed by atoms with Crippen LogP contribution in [0.1, 0.15) is 33.0 Å². The van der Waals surface area contributed by atoms with Gasteiger partial charge < -0.3 is 14.2 Å². The third kappa shape index (κ3) is 3.76. The Labute approximate surface area is 163 Å². The summed E-state index contributed by atoms with van der Waals surface area (Å²) in [6, 6.07) is 0. The molecule has 28 heavy (non-hydrogen) atoms. The van der Waals surface area contributed by atoms with Crippen LogP contribution >= 0.6 is 0 Å². The standard InChI is InChI=1S/C19H29N5O4/c1-6-28-15(25)11-24-14(10-23-8-12(2)7-13(3)9-23)20-17-16(24)18(26)22(5)19(27)21(17)4/h12-13H,6-11H2,1-5H3/p+1/t12-,13+. The van der Waals surface area contributed by atoms with Crippen LogP contribution in [0.5, 0.6) is 0 Å². The summed E-state index contributed by atoms with van der Waals surface area (Å²) in [6.45, 7) is 9.05. The van der Waals surface area contributed by atoms with Crippen molar-refractivity contribution in [1.29, 1.82) is 0 Å². The monoisotopic (exact) mass is 392 g/mol. The second kappa shape index (κ2) is 7.90. The van der Waals surface area contributed by atoms with Crippen molar-refractivity contribution in [3.8, 4) is 0 Å². The van der Waals surface area contributed by atoms with E-state index in [4.69, 9.17) is 4.74 Å². The lowest BCUT2D eigenvalue weighted by Gasteiger charge is -2.31. The summed E-state index contributed by atoms with van der Waals surface area (Å²) in [4.78, 5) is 43.3. The zero-order valence-corrected chi connectivity index (χ0v) is 17.3. The number of esters is 1. The molecule has 2 aromatic rings. The Morgan fingerprint density at radius 2 is 1.82 bits per heavy atom. The van der Waals surface area contributed by atoms with E-state index in [2.05, 4.69) is 18.8 Å². The zero-order valence-electron chi connectivity index (χ0n) is 17.3. The fourth-order valence-corrected chi connectivity index (χ4v) is 4.42. The van der Waals surface area contributed by atoms with Gasteiger partial charge in [0.1, 0.15) is 13.1 Å². The van der Waals surface area contributed by atoms with Crippen LogP contribution in [0.2, 0.25) is 0 Å². The zero-order chi connectivity index (χ0) is 20.6. The molecule has 0 spiro atoms. The van der Waals surface area contributed by atoms with E-state index >= 15 is 0 Å². The molecule has 0 bridgehead atoms. The first-order chi connectivity index (χ1) is 13.2. The Morgan fingerprint density at radius 1 is 1.18 bits per heavy atom. The van der Waals surface area contributed by atoms with E-state index in [-0.39, 0.29) is 18.7 Å². The summed E-state index contributed by atoms with van der Waals surface area (Å²) in [5, 5.41) is 0. The highest BCUT2D eigenvalue weighted by atomic mass is 16.5. The van der Waals surface area contributed by atoms with Gasteiger partial charge in [-0.05, 0) is 13.3 Å². The first-order valence-corrected chi connectivity index (χ1v) is 9.87. The van der Waals surface area contributed by atoms with Crippen LogP contribution in [0.3, 0.4) is 0 Å². The second-order valence-electron chi connectivity index (χ2n) is 8.08.